The van der Waals surface area contributed by atoms with Crippen LogP contribution in [0.15, 0.2) is 18.2 Å². The van der Waals surface area contributed by atoms with Crippen LogP contribution in [0.1, 0.15) is 30.9 Å². The molecule has 0 aliphatic heterocycles. The Balaban J connectivity index is 2.00. The Morgan fingerprint density at radius 1 is 1.53 bits per heavy atom. The molecule has 3 nitrogen and oxygen atoms in total. The number of likely N-dealkylation sites (N-methyl/N-ethyl adjacent to an activating group) is 1. The molecule has 1 aliphatic carbocycles. The fourth-order valence-corrected chi connectivity index (χ4v) is 2.43. The van der Waals surface area contributed by atoms with Gasteiger partial charge in [0.2, 0.25) is 0 Å². The number of nitrogens with zero attached hydrogens (tertiary/aromatic N) is 1. The third-order valence-corrected chi connectivity index (χ3v) is 4.07. The summed E-state index contributed by atoms with van der Waals surface area (Å²) >= 11 is 5.12. The second-order valence-corrected chi connectivity index (χ2v) is 5.98. The number of thiocarbonyl (C=S) groups is 1. The summed E-state index contributed by atoms with van der Waals surface area (Å²) in [7, 11) is 2.20. The average molecular weight is 277 g/mol. The van der Waals surface area contributed by atoms with Gasteiger partial charge in [-0.05, 0) is 45.9 Å². The quantitative estimate of drug-likeness (QED) is 0.784. The monoisotopic (exact) mass is 277 g/mol. The number of aryl methyl sites for hydroxylation is 1. The van der Waals surface area contributed by atoms with Crippen LogP contribution in [-0.4, -0.2) is 35.6 Å². The van der Waals surface area contributed by atoms with Crippen molar-refractivity contribution in [3.8, 4) is 0 Å². The third-order valence-electron chi connectivity index (χ3n) is 3.85. The van der Waals surface area contributed by atoms with Crippen molar-refractivity contribution in [3.05, 3.63) is 29.3 Å². The first-order chi connectivity index (χ1) is 8.99. The molecule has 0 aromatic heterocycles. The van der Waals surface area contributed by atoms with Crippen LogP contribution in [0, 0.1) is 6.92 Å². The smallest absolute Gasteiger partial charge is 0.106 e. The standard InChI is InChI=1S/C15H23N3S/c1-10-4-7-14(13(8-10)15(16)19)17-9-11(2)18(3)12-5-6-12/h4,7-8,11-12,17H,5-6,9H2,1-3H3,(H2,16,19). The molecule has 0 spiro atoms. The van der Waals surface area contributed by atoms with E-state index in [0.29, 0.717) is 11.0 Å². The van der Waals surface area contributed by atoms with E-state index in [1.807, 2.05) is 6.07 Å². The second-order valence-electron chi connectivity index (χ2n) is 5.54. The lowest BCUT2D eigenvalue weighted by atomic mass is 10.1. The van der Waals surface area contributed by atoms with Gasteiger partial charge in [0.25, 0.3) is 0 Å². The average Bonchev–Trinajstić information content (AvgIpc) is 3.20. The Kier molecular flexibility index (Phi) is 4.42. The number of rotatable bonds is 6. The summed E-state index contributed by atoms with van der Waals surface area (Å²) in [5, 5.41) is 3.48. The normalized spacial score (nSPS) is 16.4. The van der Waals surface area contributed by atoms with Crippen molar-refractivity contribution in [1.29, 1.82) is 0 Å². The molecule has 104 valence electrons. The van der Waals surface area contributed by atoms with Crippen LogP contribution in [0.3, 0.4) is 0 Å². The van der Waals surface area contributed by atoms with Crippen LogP contribution in [0.5, 0.6) is 0 Å². The van der Waals surface area contributed by atoms with Crippen molar-refractivity contribution in [2.45, 2.75) is 38.8 Å². The highest BCUT2D eigenvalue weighted by Crippen LogP contribution is 2.27. The highest BCUT2D eigenvalue weighted by Gasteiger charge is 2.28. The van der Waals surface area contributed by atoms with E-state index in [1.54, 1.807) is 0 Å². The molecule has 1 fully saturated rings. The summed E-state index contributed by atoms with van der Waals surface area (Å²) in [5.74, 6) is 0. The molecule has 0 bridgehead atoms. The summed E-state index contributed by atoms with van der Waals surface area (Å²) in [5.41, 5.74) is 8.94. The summed E-state index contributed by atoms with van der Waals surface area (Å²) in [4.78, 5) is 2.90. The highest BCUT2D eigenvalue weighted by molar-refractivity contribution is 7.80. The fourth-order valence-electron chi connectivity index (χ4n) is 2.26. The second kappa shape index (κ2) is 5.88. The van der Waals surface area contributed by atoms with Crippen molar-refractivity contribution in [2.24, 2.45) is 5.73 Å². The van der Waals surface area contributed by atoms with E-state index in [0.717, 1.165) is 23.8 Å². The molecule has 0 saturated heterocycles. The van der Waals surface area contributed by atoms with E-state index in [1.165, 1.54) is 18.4 Å². The molecule has 19 heavy (non-hydrogen) atoms. The van der Waals surface area contributed by atoms with Crippen molar-refractivity contribution in [2.75, 3.05) is 18.9 Å². The molecule has 1 aromatic carbocycles. The third kappa shape index (κ3) is 3.67. The largest absolute Gasteiger partial charge is 0.389 e. The highest BCUT2D eigenvalue weighted by atomic mass is 32.1. The Morgan fingerprint density at radius 2 is 2.21 bits per heavy atom. The van der Waals surface area contributed by atoms with Crippen LogP contribution < -0.4 is 11.1 Å². The predicted molar refractivity (Wildman–Crippen MR) is 85.8 cm³/mol. The van der Waals surface area contributed by atoms with Gasteiger partial charge in [0, 0.05) is 29.9 Å². The molecule has 4 heteroatoms. The first-order valence-corrected chi connectivity index (χ1v) is 7.26. The Bertz CT molecular complexity index is 468. The number of nitrogens with one attached hydrogen (secondary N) is 1. The Labute approximate surface area is 121 Å². The maximum atomic E-state index is 5.79. The molecule has 3 N–H and O–H groups in total. The number of benzene rings is 1. The molecule has 1 atom stereocenters. The maximum Gasteiger partial charge on any atom is 0.106 e. The lowest BCUT2D eigenvalue weighted by molar-refractivity contribution is 0.257. The Morgan fingerprint density at radius 3 is 2.79 bits per heavy atom. The number of anilines is 1. The van der Waals surface area contributed by atoms with Gasteiger partial charge in [-0.3, -0.25) is 4.90 Å². The van der Waals surface area contributed by atoms with Crippen molar-refractivity contribution < 1.29 is 0 Å². The molecular formula is C15H23N3S. The van der Waals surface area contributed by atoms with Crippen LogP contribution in [0.4, 0.5) is 5.69 Å². The van der Waals surface area contributed by atoms with Gasteiger partial charge in [0.1, 0.15) is 4.99 Å². The minimum Gasteiger partial charge on any atom is -0.389 e. The number of hydrogen-bond donors (Lipinski definition) is 2. The summed E-state index contributed by atoms with van der Waals surface area (Å²) in [6.45, 7) is 5.21. The van der Waals surface area contributed by atoms with E-state index in [9.17, 15) is 0 Å². The van der Waals surface area contributed by atoms with Gasteiger partial charge in [-0.15, -0.1) is 0 Å². The summed E-state index contributed by atoms with van der Waals surface area (Å²) in [6, 6.07) is 7.48. The first kappa shape index (κ1) is 14.3. The minimum absolute atomic E-state index is 0.453. The molecule has 0 amide bonds. The number of nitrogens with two attached hydrogens (primary N) is 1. The van der Waals surface area contributed by atoms with Gasteiger partial charge in [-0.1, -0.05) is 23.8 Å². The van der Waals surface area contributed by atoms with E-state index in [-0.39, 0.29) is 0 Å². The minimum atomic E-state index is 0.453. The van der Waals surface area contributed by atoms with Crippen molar-refractivity contribution >= 4 is 22.9 Å². The molecule has 1 aromatic rings. The zero-order valence-corrected chi connectivity index (χ0v) is 12.8. The van der Waals surface area contributed by atoms with Crippen LogP contribution in [-0.2, 0) is 0 Å². The van der Waals surface area contributed by atoms with E-state index in [2.05, 4.69) is 43.2 Å². The van der Waals surface area contributed by atoms with Gasteiger partial charge in [0.15, 0.2) is 0 Å². The van der Waals surface area contributed by atoms with Gasteiger partial charge in [-0.25, -0.2) is 0 Å². The van der Waals surface area contributed by atoms with Crippen molar-refractivity contribution in [3.63, 3.8) is 0 Å². The zero-order valence-electron chi connectivity index (χ0n) is 11.9. The Hall–Kier alpha value is -1.13. The maximum absolute atomic E-state index is 5.79. The molecule has 1 unspecified atom stereocenters. The zero-order chi connectivity index (χ0) is 14.0. The van der Waals surface area contributed by atoms with Gasteiger partial charge in [0.05, 0.1) is 0 Å². The fraction of sp³-hybridized carbons (Fsp3) is 0.533. The molecular weight excluding hydrogens is 254 g/mol. The lowest BCUT2D eigenvalue weighted by Gasteiger charge is -2.25. The van der Waals surface area contributed by atoms with E-state index in [4.69, 9.17) is 18.0 Å². The van der Waals surface area contributed by atoms with E-state index >= 15 is 0 Å². The summed E-state index contributed by atoms with van der Waals surface area (Å²) in [6.07, 6.45) is 2.67. The van der Waals surface area contributed by atoms with E-state index < -0.39 is 0 Å². The summed E-state index contributed by atoms with van der Waals surface area (Å²) < 4.78 is 0. The van der Waals surface area contributed by atoms with Crippen LogP contribution in [0.2, 0.25) is 0 Å². The molecule has 0 radical (unpaired) electrons. The van der Waals surface area contributed by atoms with Gasteiger partial charge in [-0.2, -0.15) is 0 Å². The number of hydrogen-bond acceptors (Lipinski definition) is 3. The first-order valence-electron chi connectivity index (χ1n) is 6.85. The molecule has 2 rings (SSSR count). The van der Waals surface area contributed by atoms with Gasteiger partial charge >= 0.3 is 0 Å². The van der Waals surface area contributed by atoms with Crippen LogP contribution in [0.25, 0.3) is 0 Å². The topological polar surface area (TPSA) is 41.3 Å². The molecule has 0 heterocycles. The molecule has 1 saturated carbocycles. The predicted octanol–water partition coefficient (Wildman–Crippen LogP) is 2.52. The van der Waals surface area contributed by atoms with Gasteiger partial charge < -0.3 is 11.1 Å². The lowest BCUT2D eigenvalue weighted by Crippen LogP contribution is -2.36. The van der Waals surface area contributed by atoms with Crippen molar-refractivity contribution in [1.82, 2.24) is 4.90 Å². The molecule has 1 aliphatic rings. The SMILES string of the molecule is Cc1ccc(NCC(C)N(C)C2CC2)c(C(N)=S)c1. The van der Waals surface area contributed by atoms with Crippen LogP contribution >= 0.6 is 12.2 Å².